The summed E-state index contributed by atoms with van der Waals surface area (Å²) in [7, 11) is 0. The van der Waals surface area contributed by atoms with Gasteiger partial charge < -0.3 is 20.1 Å². The molecule has 0 bridgehead atoms. The molecule has 104 valence electrons. The van der Waals surface area contributed by atoms with E-state index in [4.69, 9.17) is 5.11 Å². The normalized spacial score (nSPS) is 10.0. The number of hydrogen-bond acceptors (Lipinski definition) is 4. The van der Waals surface area contributed by atoms with Gasteiger partial charge in [0.2, 0.25) is 5.91 Å². The minimum Gasteiger partial charge on any atom is -0.478 e. The highest BCUT2D eigenvalue weighted by Gasteiger charge is 2.17. The van der Waals surface area contributed by atoms with Gasteiger partial charge in [0.25, 0.3) is 0 Å². The standard InChI is InChI=1S/C12H16N2O5/c1-3-19-10(16)5-4-9(15)14-8-6-13-7(2)11(8)12(17)18/h6,13H,3-5H2,1-2H3,(H,14,15)(H,17,18). The van der Waals surface area contributed by atoms with Crippen molar-refractivity contribution < 1.29 is 24.2 Å². The van der Waals surface area contributed by atoms with Crippen molar-refractivity contribution in [3.05, 3.63) is 17.5 Å². The molecule has 0 radical (unpaired) electrons. The van der Waals surface area contributed by atoms with Crippen LogP contribution >= 0.6 is 0 Å². The predicted octanol–water partition coefficient (Wildman–Crippen LogP) is 1.30. The first-order valence-electron chi connectivity index (χ1n) is 5.82. The average molecular weight is 268 g/mol. The second-order valence-corrected chi connectivity index (χ2v) is 3.86. The van der Waals surface area contributed by atoms with Crippen LogP contribution in [0.4, 0.5) is 5.69 Å². The van der Waals surface area contributed by atoms with Crippen molar-refractivity contribution in [1.82, 2.24) is 4.98 Å². The Morgan fingerprint density at radius 1 is 1.37 bits per heavy atom. The van der Waals surface area contributed by atoms with E-state index in [1.807, 2.05) is 0 Å². The van der Waals surface area contributed by atoms with E-state index in [-0.39, 0.29) is 30.7 Å². The van der Waals surface area contributed by atoms with Gasteiger partial charge in [-0.25, -0.2) is 4.79 Å². The van der Waals surface area contributed by atoms with Crippen LogP contribution in [-0.4, -0.2) is 34.5 Å². The molecule has 1 aromatic rings. The molecular weight excluding hydrogens is 252 g/mol. The molecule has 0 saturated carbocycles. The van der Waals surface area contributed by atoms with Crippen LogP contribution in [-0.2, 0) is 14.3 Å². The number of nitrogens with one attached hydrogen (secondary N) is 2. The van der Waals surface area contributed by atoms with Crippen molar-refractivity contribution in [3.8, 4) is 0 Å². The first kappa shape index (κ1) is 14.7. The van der Waals surface area contributed by atoms with Crippen LogP contribution in [0.1, 0.15) is 35.8 Å². The summed E-state index contributed by atoms with van der Waals surface area (Å²) in [6.45, 7) is 3.54. The van der Waals surface area contributed by atoms with Gasteiger partial charge in [0.1, 0.15) is 5.56 Å². The highest BCUT2D eigenvalue weighted by molar-refractivity contribution is 6.01. The van der Waals surface area contributed by atoms with E-state index in [1.165, 1.54) is 6.20 Å². The van der Waals surface area contributed by atoms with Crippen LogP contribution in [0.25, 0.3) is 0 Å². The van der Waals surface area contributed by atoms with Crippen LogP contribution in [0.15, 0.2) is 6.20 Å². The van der Waals surface area contributed by atoms with E-state index in [2.05, 4.69) is 15.0 Å². The number of aromatic carboxylic acids is 1. The zero-order chi connectivity index (χ0) is 14.4. The molecule has 0 saturated heterocycles. The van der Waals surface area contributed by atoms with Gasteiger partial charge in [0.05, 0.1) is 18.7 Å². The van der Waals surface area contributed by atoms with Crippen LogP contribution in [0.2, 0.25) is 0 Å². The second-order valence-electron chi connectivity index (χ2n) is 3.86. The molecule has 7 heteroatoms. The summed E-state index contributed by atoms with van der Waals surface area (Å²) < 4.78 is 4.69. The third kappa shape index (κ3) is 4.13. The van der Waals surface area contributed by atoms with Gasteiger partial charge in [-0.05, 0) is 13.8 Å². The van der Waals surface area contributed by atoms with Gasteiger partial charge in [0, 0.05) is 18.3 Å². The van der Waals surface area contributed by atoms with Crippen molar-refractivity contribution in [2.75, 3.05) is 11.9 Å². The molecule has 1 heterocycles. The number of carbonyl (C=O) groups is 3. The maximum atomic E-state index is 11.6. The van der Waals surface area contributed by atoms with Gasteiger partial charge in [-0.15, -0.1) is 0 Å². The number of aromatic nitrogens is 1. The summed E-state index contributed by atoms with van der Waals surface area (Å²) in [4.78, 5) is 36.4. The maximum absolute atomic E-state index is 11.6. The third-order valence-electron chi connectivity index (χ3n) is 2.43. The molecule has 7 nitrogen and oxygen atoms in total. The Hall–Kier alpha value is -2.31. The lowest BCUT2D eigenvalue weighted by atomic mass is 10.2. The number of anilines is 1. The van der Waals surface area contributed by atoms with Gasteiger partial charge >= 0.3 is 11.9 Å². The van der Waals surface area contributed by atoms with E-state index in [9.17, 15) is 14.4 Å². The number of ether oxygens (including phenoxy) is 1. The molecule has 1 rings (SSSR count). The Labute approximate surface area is 110 Å². The number of carbonyl (C=O) groups excluding carboxylic acids is 2. The van der Waals surface area contributed by atoms with Crippen LogP contribution in [0.3, 0.4) is 0 Å². The summed E-state index contributed by atoms with van der Waals surface area (Å²) in [5.41, 5.74) is 0.663. The number of hydrogen-bond donors (Lipinski definition) is 3. The minimum absolute atomic E-state index is 0.0180. The van der Waals surface area contributed by atoms with Crippen molar-refractivity contribution in [2.45, 2.75) is 26.7 Å². The minimum atomic E-state index is -1.13. The molecule has 0 unspecified atom stereocenters. The molecular formula is C12H16N2O5. The van der Waals surface area contributed by atoms with Crippen LogP contribution in [0, 0.1) is 6.92 Å². The number of aromatic amines is 1. The topological polar surface area (TPSA) is 108 Å². The van der Waals surface area contributed by atoms with E-state index in [0.29, 0.717) is 5.69 Å². The monoisotopic (exact) mass is 268 g/mol. The summed E-state index contributed by atoms with van der Waals surface area (Å²) in [6, 6.07) is 0. The summed E-state index contributed by atoms with van der Waals surface area (Å²) >= 11 is 0. The number of carboxylic acids is 1. The Morgan fingerprint density at radius 3 is 2.63 bits per heavy atom. The maximum Gasteiger partial charge on any atom is 0.339 e. The molecule has 0 fully saturated rings. The first-order chi connectivity index (χ1) is 8.95. The fourth-order valence-electron chi connectivity index (χ4n) is 1.56. The quantitative estimate of drug-likeness (QED) is 0.674. The zero-order valence-electron chi connectivity index (χ0n) is 10.8. The van der Waals surface area contributed by atoms with E-state index in [1.54, 1.807) is 13.8 Å². The number of amides is 1. The Balaban J connectivity index is 2.58. The predicted molar refractivity (Wildman–Crippen MR) is 67.0 cm³/mol. The smallest absolute Gasteiger partial charge is 0.339 e. The number of aryl methyl sites for hydroxylation is 1. The summed E-state index contributed by atoms with van der Waals surface area (Å²) in [5, 5.41) is 11.4. The van der Waals surface area contributed by atoms with Crippen molar-refractivity contribution in [1.29, 1.82) is 0 Å². The third-order valence-corrected chi connectivity index (χ3v) is 2.43. The van der Waals surface area contributed by atoms with E-state index < -0.39 is 17.8 Å². The molecule has 0 spiro atoms. The molecule has 3 N–H and O–H groups in total. The fraction of sp³-hybridized carbons (Fsp3) is 0.417. The molecule has 0 aliphatic heterocycles. The number of rotatable bonds is 6. The molecule has 0 aliphatic carbocycles. The Morgan fingerprint density at radius 2 is 2.05 bits per heavy atom. The van der Waals surface area contributed by atoms with Crippen LogP contribution < -0.4 is 5.32 Å². The molecule has 0 aliphatic rings. The zero-order valence-corrected chi connectivity index (χ0v) is 10.8. The average Bonchev–Trinajstić information content (AvgIpc) is 2.68. The van der Waals surface area contributed by atoms with Gasteiger partial charge in [0.15, 0.2) is 0 Å². The van der Waals surface area contributed by atoms with Crippen molar-refractivity contribution in [2.24, 2.45) is 0 Å². The lowest BCUT2D eigenvalue weighted by Crippen LogP contribution is -2.16. The van der Waals surface area contributed by atoms with Gasteiger partial charge in [-0.3, -0.25) is 9.59 Å². The van der Waals surface area contributed by atoms with Gasteiger partial charge in [-0.2, -0.15) is 0 Å². The van der Waals surface area contributed by atoms with Crippen molar-refractivity contribution in [3.63, 3.8) is 0 Å². The molecule has 19 heavy (non-hydrogen) atoms. The van der Waals surface area contributed by atoms with Gasteiger partial charge in [-0.1, -0.05) is 0 Å². The molecule has 1 aromatic heterocycles. The van der Waals surface area contributed by atoms with E-state index >= 15 is 0 Å². The number of esters is 1. The number of H-pyrrole nitrogens is 1. The van der Waals surface area contributed by atoms with Crippen LogP contribution in [0.5, 0.6) is 0 Å². The lowest BCUT2D eigenvalue weighted by molar-refractivity contribution is -0.144. The Kier molecular flexibility index (Phi) is 5.11. The first-order valence-corrected chi connectivity index (χ1v) is 5.82. The van der Waals surface area contributed by atoms with E-state index in [0.717, 1.165) is 0 Å². The Bertz CT molecular complexity index is 492. The fourth-order valence-corrected chi connectivity index (χ4v) is 1.56. The second kappa shape index (κ2) is 6.58. The summed E-state index contributed by atoms with van der Waals surface area (Å²) in [6.07, 6.45) is 1.31. The molecule has 0 aromatic carbocycles. The highest BCUT2D eigenvalue weighted by Crippen LogP contribution is 2.19. The largest absolute Gasteiger partial charge is 0.478 e. The molecule has 0 atom stereocenters. The summed E-state index contributed by atoms with van der Waals surface area (Å²) in [5.74, 6) is -2.02. The van der Waals surface area contributed by atoms with Crippen molar-refractivity contribution >= 4 is 23.5 Å². The molecule has 1 amide bonds. The lowest BCUT2D eigenvalue weighted by Gasteiger charge is -2.05. The SMILES string of the molecule is CCOC(=O)CCC(=O)Nc1c[nH]c(C)c1C(=O)O. The number of carboxylic acid groups (broad SMARTS) is 1. The highest BCUT2D eigenvalue weighted by atomic mass is 16.5.